The lowest BCUT2D eigenvalue weighted by Gasteiger charge is -2.11. The summed E-state index contributed by atoms with van der Waals surface area (Å²) in [6.45, 7) is 4.14. The summed E-state index contributed by atoms with van der Waals surface area (Å²) in [7, 11) is 3.32. The quantitative estimate of drug-likeness (QED) is 0.165. The van der Waals surface area contributed by atoms with Crippen LogP contribution in [0.25, 0.3) is 53.8 Å². The van der Waals surface area contributed by atoms with Crippen molar-refractivity contribution < 1.29 is 9.47 Å². The highest BCUT2D eigenvalue weighted by molar-refractivity contribution is 7.20. The molecule has 0 bridgehead atoms. The van der Waals surface area contributed by atoms with Gasteiger partial charge in [0, 0.05) is 11.1 Å². The fourth-order valence-corrected chi connectivity index (χ4v) is 7.20. The number of nitrogens with zero attached hydrogens (tertiary/aromatic N) is 8. The molecule has 4 aromatic heterocycles. The Hall–Kier alpha value is -5.46. The van der Waals surface area contributed by atoms with Crippen molar-refractivity contribution in [2.24, 2.45) is 0 Å². The Kier molecular flexibility index (Phi) is 7.23. The second-order valence-electron chi connectivity index (χ2n) is 11.2. The van der Waals surface area contributed by atoms with Crippen molar-refractivity contribution >= 4 is 32.6 Å². The summed E-state index contributed by atoms with van der Waals surface area (Å²) in [5, 5.41) is 29.4. The number of methoxy groups -OCH3 is 2. The van der Waals surface area contributed by atoms with Gasteiger partial charge in [0.1, 0.15) is 21.5 Å². The summed E-state index contributed by atoms with van der Waals surface area (Å²) in [5.74, 6) is 2.65. The van der Waals surface area contributed by atoms with Gasteiger partial charge >= 0.3 is 0 Å². The molecule has 4 aromatic carbocycles. The summed E-state index contributed by atoms with van der Waals surface area (Å²) in [6, 6.07) is 28.9. The molecule has 0 fully saturated rings. The SMILES string of the molecule is COc1ccc(Cc2ccc(OC)c(-c3nnc4sc(-c5ccc(C)cc5)nn34)c2)cc1-c1nnc2sc(-c3ccc(C)cc3)nn12. The second-order valence-corrected chi connectivity index (χ2v) is 13.1. The molecule has 0 aliphatic rings. The van der Waals surface area contributed by atoms with E-state index in [0.29, 0.717) is 29.6 Å². The summed E-state index contributed by atoms with van der Waals surface area (Å²) < 4.78 is 15.1. The van der Waals surface area contributed by atoms with Gasteiger partial charge in [-0.1, -0.05) is 94.5 Å². The molecule has 0 radical (unpaired) electrons. The highest BCUT2D eigenvalue weighted by atomic mass is 32.1. The van der Waals surface area contributed by atoms with Gasteiger partial charge in [-0.05, 0) is 55.7 Å². The summed E-state index contributed by atoms with van der Waals surface area (Å²) in [5.41, 5.74) is 8.27. The number of fused-ring (bicyclic) bond motifs is 2. The number of aryl methyl sites for hydroxylation is 2. The summed E-state index contributed by atoms with van der Waals surface area (Å²) >= 11 is 3.01. The number of aromatic nitrogens is 8. The Labute approximate surface area is 277 Å². The van der Waals surface area contributed by atoms with Crippen LogP contribution >= 0.6 is 22.7 Å². The highest BCUT2D eigenvalue weighted by Crippen LogP contribution is 2.36. The van der Waals surface area contributed by atoms with Crippen molar-refractivity contribution in [3.8, 4) is 55.4 Å². The van der Waals surface area contributed by atoms with Crippen LogP contribution in [0.3, 0.4) is 0 Å². The average molecular weight is 657 g/mol. The molecule has 0 aliphatic heterocycles. The van der Waals surface area contributed by atoms with Gasteiger partial charge in [0.15, 0.2) is 11.6 Å². The van der Waals surface area contributed by atoms with E-state index in [-0.39, 0.29) is 0 Å². The molecule has 4 heterocycles. The first-order valence-corrected chi connectivity index (χ1v) is 16.5. The molecule has 8 aromatic rings. The van der Waals surface area contributed by atoms with Gasteiger partial charge in [-0.2, -0.15) is 19.2 Å². The first kappa shape index (κ1) is 29.0. The summed E-state index contributed by atoms with van der Waals surface area (Å²) in [6.07, 6.45) is 0.648. The van der Waals surface area contributed by atoms with Crippen molar-refractivity contribution in [1.82, 2.24) is 39.6 Å². The van der Waals surface area contributed by atoms with E-state index in [2.05, 4.69) is 107 Å². The molecule has 232 valence electrons. The van der Waals surface area contributed by atoms with Crippen LogP contribution in [-0.4, -0.2) is 53.8 Å². The largest absolute Gasteiger partial charge is 0.496 e. The van der Waals surface area contributed by atoms with Crippen LogP contribution < -0.4 is 9.47 Å². The first-order chi connectivity index (χ1) is 23.0. The number of benzene rings is 4. The van der Waals surface area contributed by atoms with Gasteiger partial charge < -0.3 is 9.47 Å². The monoisotopic (exact) mass is 656 g/mol. The fourth-order valence-electron chi connectivity index (χ4n) is 5.51. The van der Waals surface area contributed by atoms with Crippen molar-refractivity contribution in [3.63, 3.8) is 0 Å². The zero-order valence-electron chi connectivity index (χ0n) is 26.0. The van der Waals surface area contributed by atoms with Crippen molar-refractivity contribution in [2.75, 3.05) is 14.2 Å². The maximum atomic E-state index is 5.76. The van der Waals surface area contributed by atoms with E-state index in [1.807, 2.05) is 12.1 Å². The topological polar surface area (TPSA) is 105 Å². The van der Waals surface area contributed by atoms with Gasteiger partial charge in [-0.3, -0.25) is 0 Å². The van der Waals surface area contributed by atoms with Crippen LogP contribution in [0.1, 0.15) is 22.3 Å². The van der Waals surface area contributed by atoms with Crippen LogP contribution in [0.4, 0.5) is 0 Å². The molecule has 0 spiro atoms. The Morgan fingerprint density at radius 3 is 1.38 bits per heavy atom. The second kappa shape index (κ2) is 11.7. The lowest BCUT2D eigenvalue weighted by atomic mass is 9.99. The number of hydrogen-bond donors (Lipinski definition) is 0. The molecular weight excluding hydrogens is 629 g/mol. The fraction of sp³-hybridized carbons (Fsp3) is 0.143. The van der Waals surface area contributed by atoms with E-state index in [1.165, 1.54) is 33.8 Å². The van der Waals surface area contributed by atoms with Crippen LogP contribution in [0.2, 0.25) is 0 Å². The van der Waals surface area contributed by atoms with E-state index in [9.17, 15) is 0 Å². The van der Waals surface area contributed by atoms with Gasteiger partial charge in [-0.25, -0.2) is 0 Å². The summed E-state index contributed by atoms with van der Waals surface area (Å²) in [4.78, 5) is 1.44. The molecule has 12 heteroatoms. The van der Waals surface area contributed by atoms with Crippen LogP contribution in [0.15, 0.2) is 84.9 Å². The predicted octanol–water partition coefficient (Wildman–Crippen LogP) is 7.58. The molecule has 0 unspecified atom stereocenters. The van der Waals surface area contributed by atoms with Crippen molar-refractivity contribution in [2.45, 2.75) is 20.3 Å². The molecule has 0 aliphatic carbocycles. The Morgan fingerprint density at radius 1 is 0.553 bits per heavy atom. The normalized spacial score (nSPS) is 11.5. The number of hydrogen-bond acceptors (Lipinski definition) is 10. The molecule has 0 N–H and O–H groups in total. The highest BCUT2D eigenvalue weighted by Gasteiger charge is 2.21. The number of ether oxygens (including phenoxy) is 2. The van der Waals surface area contributed by atoms with Gasteiger partial charge in [0.25, 0.3) is 0 Å². The minimum Gasteiger partial charge on any atom is -0.496 e. The van der Waals surface area contributed by atoms with Crippen LogP contribution in [0.5, 0.6) is 11.5 Å². The third kappa shape index (κ3) is 5.30. The molecule has 0 saturated heterocycles. The minimum atomic E-state index is 0.627. The van der Waals surface area contributed by atoms with E-state index in [1.54, 1.807) is 23.3 Å². The van der Waals surface area contributed by atoms with Crippen LogP contribution in [0, 0.1) is 13.8 Å². The third-order valence-electron chi connectivity index (χ3n) is 8.00. The zero-order chi connectivity index (χ0) is 32.1. The van der Waals surface area contributed by atoms with E-state index >= 15 is 0 Å². The Bertz CT molecular complexity index is 2220. The lowest BCUT2D eigenvalue weighted by Crippen LogP contribution is -1.99. The van der Waals surface area contributed by atoms with E-state index < -0.39 is 0 Å². The Morgan fingerprint density at radius 2 is 0.979 bits per heavy atom. The molecule has 0 saturated carbocycles. The standard InChI is InChI=1S/C35H28N8O2S2/c1-20-5-11-24(12-6-20)32-40-42-30(36-38-34(42)46-32)26-18-22(9-15-28(26)44-3)17-23-10-16-29(45-4)27(19-23)31-37-39-35-43(31)41-33(47-35)25-13-7-21(2)8-14-25/h5-16,18-19H,17H2,1-4H3. The maximum absolute atomic E-state index is 5.76. The predicted molar refractivity (Wildman–Crippen MR) is 184 cm³/mol. The van der Waals surface area contributed by atoms with Crippen molar-refractivity contribution in [3.05, 3.63) is 107 Å². The lowest BCUT2D eigenvalue weighted by molar-refractivity contribution is 0.416. The van der Waals surface area contributed by atoms with E-state index in [0.717, 1.165) is 53.3 Å². The van der Waals surface area contributed by atoms with Gasteiger partial charge in [0.05, 0.1) is 25.3 Å². The minimum absolute atomic E-state index is 0.627. The molecule has 0 amide bonds. The van der Waals surface area contributed by atoms with Gasteiger partial charge in [0.2, 0.25) is 9.92 Å². The average Bonchev–Trinajstić information content (AvgIpc) is 3.87. The maximum Gasteiger partial charge on any atom is 0.235 e. The molecule has 0 atom stereocenters. The first-order valence-electron chi connectivity index (χ1n) is 14.9. The number of rotatable bonds is 8. The molecular formula is C35H28N8O2S2. The van der Waals surface area contributed by atoms with Gasteiger partial charge in [-0.15, -0.1) is 20.4 Å². The van der Waals surface area contributed by atoms with Crippen molar-refractivity contribution in [1.29, 1.82) is 0 Å². The zero-order valence-corrected chi connectivity index (χ0v) is 27.6. The molecule has 8 rings (SSSR count). The smallest absolute Gasteiger partial charge is 0.235 e. The van der Waals surface area contributed by atoms with E-state index in [4.69, 9.17) is 19.7 Å². The molecule has 10 nitrogen and oxygen atoms in total. The molecule has 47 heavy (non-hydrogen) atoms. The third-order valence-corrected chi connectivity index (χ3v) is 9.89. The van der Waals surface area contributed by atoms with Crippen LogP contribution in [-0.2, 0) is 6.42 Å². The Balaban J connectivity index is 1.14.